The Balaban J connectivity index is 2.22. The molecule has 2 aromatic rings. The second kappa shape index (κ2) is 6.23. The molecule has 1 aromatic heterocycles. The first-order chi connectivity index (χ1) is 9.94. The van der Waals surface area contributed by atoms with Crippen molar-refractivity contribution in [3.63, 3.8) is 0 Å². The smallest absolute Gasteiger partial charge is 0.224 e. The number of benzene rings is 1. The molecule has 8 heteroatoms. The molecule has 114 valence electrons. The molecule has 0 radical (unpaired) electrons. The molecule has 0 aliphatic carbocycles. The van der Waals surface area contributed by atoms with Gasteiger partial charge in [0.15, 0.2) is 0 Å². The molecule has 21 heavy (non-hydrogen) atoms. The highest BCUT2D eigenvalue weighted by Crippen LogP contribution is 2.21. The lowest BCUT2D eigenvalue weighted by atomic mass is 10.2. The normalized spacial score (nSPS) is 11.8. The molecular weight excluding hydrogens is 290 g/mol. The Hall–Kier alpha value is -1.93. The Morgan fingerprint density at radius 2 is 1.90 bits per heavy atom. The molecule has 0 amide bonds. The van der Waals surface area contributed by atoms with E-state index < -0.39 is 10.0 Å². The predicted molar refractivity (Wildman–Crippen MR) is 85.0 cm³/mol. The number of aromatic nitrogens is 2. The molecule has 1 heterocycles. The van der Waals surface area contributed by atoms with Gasteiger partial charge in [0.25, 0.3) is 0 Å². The number of anilines is 2. The summed E-state index contributed by atoms with van der Waals surface area (Å²) in [6, 6.07) is 7.58. The molecule has 0 saturated carbocycles. The summed E-state index contributed by atoms with van der Waals surface area (Å²) >= 11 is 0. The molecule has 2 rings (SSSR count). The van der Waals surface area contributed by atoms with Crippen molar-refractivity contribution >= 4 is 32.7 Å². The summed E-state index contributed by atoms with van der Waals surface area (Å²) < 4.78 is 24.7. The summed E-state index contributed by atoms with van der Waals surface area (Å²) in [6.45, 7) is 0.282. The van der Waals surface area contributed by atoms with Crippen LogP contribution in [0.15, 0.2) is 24.3 Å². The molecule has 1 aromatic carbocycles. The fourth-order valence-corrected chi connectivity index (χ4v) is 2.53. The van der Waals surface area contributed by atoms with Crippen molar-refractivity contribution < 1.29 is 8.42 Å². The Morgan fingerprint density at radius 3 is 2.57 bits per heavy atom. The van der Waals surface area contributed by atoms with E-state index in [9.17, 15) is 8.42 Å². The average molecular weight is 309 g/mol. The second-order valence-electron chi connectivity index (χ2n) is 4.69. The number of nitrogens with zero attached hydrogens (tertiary/aromatic N) is 3. The van der Waals surface area contributed by atoms with Crippen LogP contribution in [0, 0.1) is 0 Å². The second-order valence-corrected chi connectivity index (χ2v) is 6.99. The van der Waals surface area contributed by atoms with Gasteiger partial charge < -0.3 is 10.6 Å². The number of hydrogen-bond acceptors (Lipinski definition) is 6. The lowest BCUT2D eigenvalue weighted by Gasteiger charge is -2.13. The van der Waals surface area contributed by atoms with E-state index in [1.807, 2.05) is 24.3 Å². The fraction of sp³-hybridized carbons (Fsp3) is 0.385. The lowest BCUT2D eigenvalue weighted by molar-refractivity contribution is 0.521. The average Bonchev–Trinajstić information content (AvgIpc) is 2.46. The largest absolute Gasteiger partial charge is 0.368 e. The van der Waals surface area contributed by atoms with Gasteiger partial charge >= 0.3 is 0 Å². The topological polar surface area (TPSA) is 87.2 Å². The Labute approximate surface area is 124 Å². The van der Waals surface area contributed by atoms with E-state index >= 15 is 0 Å². The first-order valence-corrected chi connectivity index (χ1v) is 8.13. The van der Waals surface area contributed by atoms with Gasteiger partial charge in [0.05, 0.1) is 11.3 Å². The van der Waals surface area contributed by atoms with E-state index in [1.165, 1.54) is 18.4 Å². The van der Waals surface area contributed by atoms with Crippen LogP contribution in [0.4, 0.5) is 11.8 Å². The summed E-state index contributed by atoms with van der Waals surface area (Å²) in [5.41, 5.74) is 0.801. The molecule has 0 fully saturated rings. The molecule has 0 unspecified atom stereocenters. The van der Waals surface area contributed by atoms with Crippen molar-refractivity contribution in [1.29, 1.82) is 0 Å². The van der Waals surface area contributed by atoms with Gasteiger partial charge in [-0.15, -0.1) is 0 Å². The Kier molecular flexibility index (Phi) is 4.59. The van der Waals surface area contributed by atoms with Crippen LogP contribution in [0.3, 0.4) is 0 Å². The van der Waals surface area contributed by atoms with Crippen LogP contribution in [-0.2, 0) is 10.0 Å². The van der Waals surface area contributed by atoms with Gasteiger partial charge in [0.1, 0.15) is 5.82 Å². The zero-order valence-electron chi connectivity index (χ0n) is 12.3. The van der Waals surface area contributed by atoms with Crippen LogP contribution >= 0.6 is 0 Å². The summed E-state index contributed by atoms with van der Waals surface area (Å²) in [7, 11) is 1.56. The van der Waals surface area contributed by atoms with Crippen LogP contribution < -0.4 is 10.6 Å². The third-order valence-electron chi connectivity index (χ3n) is 3.04. The van der Waals surface area contributed by atoms with Crippen molar-refractivity contribution in [2.45, 2.75) is 0 Å². The third-order valence-corrected chi connectivity index (χ3v) is 4.87. The van der Waals surface area contributed by atoms with Gasteiger partial charge in [0.2, 0.25) is 16.0 Å². The standard InChI is InChI=1S/C13H19N5O2S/c1-14-13-16-11-7-5-4-6-10(11)12(17-13)15-8-9-21(19,20)18(2)3/h4-7H,8-9H2,1-3H3,(H2,14,15,16,17). The van der Waals surface area contributed by atoms with Gasteiger partial charge in [-0.1, -0.05) is 12.1 Å². The van der Waals surface area contributed by atoms with E-state index in [1.54, 1.807) is 7.05 Å². The van der Waals surface area contributed by atoms with Crippen molar-refractivity contribution in [3.8, 4) is 0 Å². The molecule has 0 saturated heterocycles. The fourth-order valence-electron chi connectivity index (χ4n) is 1.80. The van der Waals surface area contributed by atoms with Gasteiger partial charge in [-0.3, -0.25) is 0 Å². The van der Waals surface area contributed by atoms with Gasteiger partial charge in [-0.25, -0.2) is 17.7 Å². The molecule has 0 spiro atoms. The van der Waals surface area contributed by atoms with Crippen LogP contribution in [0.1, 0.15) is 0 Å². The maximum atomic E-state index is 11.7. The summed E-state index contributed by atoms with van der Waals surface area (Å²) in [5.74, 6) is 1.12. The van der Waals surface area contributed by atoms with Gasteiger partial charge in [-0.05, 0) is 12.1 Å². The minimum absolute atomic E-state index is 0.00716. The van der Waals surface area contributed by atoms with Crippen LogP contribution in [-0.4, -0.2) is 56.1 Å². The van der Waals surface area contributed by atoms with E-state index in [2.05, 4.69) is 20.6 Å². The van der Waals surface area contributed by atoms with E-state index in [-0.39, 0.29) is 12.3 Å². The summed E-state index contributed by atoms with van der Waals surface area (Å²) in [5, 5.41) is 6.83. The highest BCUT2D eigenvalue weighted by atomic mass is 32.2. The van der Waals surface area contributed by atoms with E-state index in [4.69, 9.17) is 0 Å². The summed E-state index contributed by atoms with van der Waals surface area (Å²) in [6.07, 6.45) is 0. The molecule has 0 atom stereocenters. The van der Waals surface area contributed by atoms with E-state index in [0.717, 1.165) is 10.9 Å². The molecule has 7 nitrogen and oxygen atoms in total. The minimum Gasteiger partial charge on any atom is -0.368 e. The molecule has 0 bridgehead atoms. The number of sulfonamides is 1. The van der Waals surface area contributed by atoms with Crippen molar-refractivity contribution in [3.05, 3.63) is 24.3 Å². The quantitative estimate of drug-likeness (QED) is 0.827. The number of fused-ring (bicyclic) bond motifs is 1. The third kappa shape index (κ3) is 3.59. The van der Waals surface area contributed by atoms with Crippen LogP contribution in [0.2, 0.25) is 0 Å². The lowest BCUT2D eigenvalue weighted by Crippen LogP contribution is -2.28. The monoisotopic (exact) mass is 309 g/mol. The maximum absolute atomic E-state index is 11.7. The zero-order chi connectivity index (χ0) is 15.5. The number of rotatable bonds is 6. The maximum Gasteiger partial charge on any atom is 0.224 e. The molecule has 0 aliphatic heterocycles. The van der Waals surface area contributed by atoms with Crippen molar-refractivity contribution in [2.24, 2.45) is 0 Å². The Morgan fingerprint density at radius 1 is 1.19 bits per heavy atom. The van der Waals surface area contributed by atoms with E-state index in [0.29, 0.717) is 11.8 Å². The van der Waals surface area contributed by atoms with Gasteiger partial charge in [0, 0.05) is 33.1 Å². The Bertz CT molecular complexity index is 730. The van der Waals surface area contributed by atoms with Gasteiger partial charge in [-0.2, -0.15) is 4.98 Å². The SMILES string of the molecule is CNc1nc(NCCS(=O)(=O)N(C)C)c2ccccc2n1. The molecule has 0 aliphatic rings. The number of nitrogens with one attached hydrogen (secondary N) is 2. The van der Waals surface area contributed by atoms with Crippen molar-refractivity contribution in [1.82, 2.24) is 14.3 Å². The highest BCUT2D eigenvalue weighted by molar-refractivity contribution is 7.89. The van der Waals surface area contributed by atoms with Crippen molar-refractivity contribution in [2.75, 3.05) is 44.1 Å². The summed E-state index contributed by atoms with van der Waals surface area (Å²) in [4.78, 5) is 8.69. The minimum atomic E-state index is -3.23. The first kappa shape index (κ1) is 15.5. The van der Waals surface area contributed by atoms with Crippen LogP contribution in [0.5, 0.6) is 0 Å². The molecule has 2 N–H and O–H groups in total. The number of hydrogen-bond donors (Lipinski definition) is 2. The predicted octanol–water partition coefficient (Wildman–Crippen LogP) is 0.975. The van der Waals surface area contributed by atoms with Crippen LogP contribution in [0.25, 0.3) is 10.9 Å². The molecular formula is C13H19N5O2S. The first-order valence-electron chi connectivity index (χ1n) is 6.52. The zero-order valence-corrected chi connectivity index (χ0v) is 13.1. The highest BCUT2D eigenvalue weighted by Gasteiger charge is 2.13. The number of para-hydroxylation sites is 1.